The number of rotatable bonds is 5. The van der Waals surface area contributed by atoms with E-state index < -0.39 is 0 Å². The third kappa shape index (κ3) is 3.48. The predicted molar refractivity (Wildman–Crippen MR) is 79.5 cm³/mol. The predicted octanol–water partition coefficient (Wildman–Crippen LogP) is 2.64. The number of nitrogens with one attached hydrogen (secondary N) is 1. The van der Waals surface area contributed by atoms with E-state index in [0.29, 0.717) is 24.2 Å². The number of carbonyl (C=O) groups is 1. The highest BCUT2D eigenvalue weighted by Gasteiger charge is 2.18. The van der Waals surface area contributed by atoms with Crippen molar-refractivity contribution in [2.45, 2.75) is 26.8 Å². The van der Waals surface area contributed by atoms with Gasteiger partial charge in [-0.25, -0.2) is 0 Å². The number of aromatic nitrogens is 2. The summed E-state index contributed by atoms with van der Waals surface area (Å²) >= 11 is 0. The van der Waals surface area contributed by atoms with E-state index in [9.17, 15) is 4.79 Å². The maximum Gasteiger partial charge on any atom is 0.257 e. The van der Waals surface area contributed by atoms with Crippen LogP contribution in [-0.2, 0) is 6.54 Å². The normalized spacial score (nSPS) is 10.1. The molecule has 1 aromatic carbocycles. The van der Waals surface area contributed by atoms with E-state index in [0.717, 1.165) is 17.7 Å². The number of aryl methyl sites for hydroxylation is 1. The van der Waals surface area contributed by atoms with Crippen LogP contribution in [0.15, 0.2) is 30.5 Å². The lowest BCUT2D eigenvalue weighted by atomic mass is 10.1. The summed E-state index contributed by atoms with van der Waals surface area (Å²) in [6.07, 6.45) is 2.46. The van der Waals surface area contributed by atoms with Gasteiger partial charge in [-0.1, -0.05) is 19.1 Å². The molecule has 0 saturated heterocycles. The van der Waals surface area contributed by atoms with Crippen molar-refractivity contribution >= 4 is 5.91 Å². The fraction of sp³-hybridized carbons (Fsp3) is 0.312. The third-order valence-corrected chi connectivity index (χ3v) is 3.30. The number of nitrogens with zero attached hydrogens (tertiary/aromatic N) is 3. The first kappa shape index (κ1) is 14.8. The third-order valence-electron chi connectivity index (χ3n) is 3.30. The molecule has 5 heteroatoms. The van der Waals surface area contributed by atoms with Gasteiger partial charge in [-0.2, -0.15) is 10.4 Å². The van der Waals surface area contributed by atoms with Crippen molar-refractivity contribution in [1.29, 1.82) is 5.26 Å². The number of carbonyl (C=O) groups excluding carboxylic acids is 1. The molecule has 108 valence electrons. The molecule has 0 aliphatic rings. The Morgan fingerprint density at radius 2 is 2.10 bits per heavy atom. The molecule has 21 heavy (non-hydrogen) atoms. The first-order valence-corrected chi connectivity index (χ1v) is 6.94. The number of H-pyrrole nitrogens is 1. The second-order valence-electron chi connectivity index (χ2n) is 4.94. The van der Waals surface area contributed by atoms with Crippen LogP contribution < -0.4 is 0 Å². The summed E-state index contributed by atoms with van der Waals surface area (Å²) in [4.78, 5) is 14.4. The van der Waals surface area contributed by atoms with Crippen LogP contribution in [0.25, 0.3) is 0 Å². The Morgan fingerprint density at radius 3 is 2.62 bits per heavy atom. The van der Waals surface area contributed by atoms with Gasteiger partial charge in [0.1, 0.15) is 0 Å². The summed E-state index contributed by atoms with van der Waals surface area (Å²) in [6, 6.07) is 9.41. The van der Waals surface area contributed by atoms with Gasteiger partial charge in [-0.15, -0.1) is 0 Å². The molecular weight excluding hydrogens is 264 g/mol. The van der Waals surface area contributed by atoms with Crippen molar-refractivity contribution in [3.05, 3.63) is 52.8 Å². The Morgan fingerprint density at radius 1 is 1.38 bits per heavy atom. The second kappa shape index (κ2) is 6.71. The largest absolute Gasteiger partial charge is 0.334 e. The van der Waals surface area contributed by atoms with Gasteiger partial charge in [0.2, 0.25) is 0 Å². The minimum absolute atomic E-state index is 0.0209. The van der Waals surface area contributed by atoms with E-state index in [4.69, 9.17) is 5.26 Å². The van der Waals surface area contributed by atoms with E-state index in [-0.39, 0.29) is 5.91 Å². The first-order chi connectivity index (χ1) is 10.2. The Hall–Kier alpha value is -2.61. The minimum atomic E-state index is -0.0209. The molecule has 2 aromatic rings. The highest BCUT2D eigenvalue weighted by molar-refractivity contribution is 5.95. The average molecular weight is 282 g/mol. The summed E-state index contributed by atoms with van der Waals surface area (Å²) < 4.78 is 0. The molecular formula is C16H18N4O. The monoisotopic (exact) mass is 282 g/mol. The van der Waals surface area contributed by atoms with Gasteiger partial charge in [-0.05, 0) is 31.0 Å². The van der Waals surface area contributed by atoms with Crippen molar-refractivity contribution in [3.63, 3.8) is 0 Å². The summed E-state index contributed by atoms with van der Waals surface area (Å²) in [5.41, 5.74) is 3.02. The fourth-order valence-electron chi connectivity index (χ4n) is 2.16. The molecule has 0 fully saturated rings. The Bertz CT molecular complexity index is 652. The Balaban J connectivity index is 2.17. The van der Waals surface area contributed by atoms with Crippen LogP contribution in [0.4, 0.5) is 0 Å². The standard InChI is InChI=1S/C16H18N4O/c1-3-8-20(16(21)15-10-18-19-12(15)2)11-14-6-4-13(9-17)5-7-14/h4-7,10H,3,8,11H2,1-2H3,(H,18,19). The molecule has 0 saturated carbocycles. The molecule has 1 aromatic heterocycles. The SMILES string of the molecule is CCCN(Cc1ccc(C#N)cc1)C(=O)c1cn[nH]c1C. The minimum Gasteiger partial charge on any atom is -0.334 e. The number of aromatic amines is 1. The molecule has 1 heterocycles. The summed E-state index contributed by atoms with van der Waals surface area (Å²) in [7, 11) is 0. The molecule has 1 N–H and O–H groups in total. The highest BCUT2D eigenvalue weighted by Crippen LogP contribution is 2.13. The average Bonchev–Trinajstić information content (AvgIpc) is 2.93. The molecule has 0 radical (unpaired) electrons. The zero-order chi connectivity index (χ0) is 15.2. The smallest absolute Gasteiger partial charge is 0.257 e. The van der Waals surface area contributed by atoms with Crippen LogP contribution >= 0.6 is 0 Å². The van der Waals surface area contributed by atoms with Gasteiger partial charge in [0.05, 0.1) is 23.4 Å². The highest BCUT2D eigenvalue weighted by atomic mass is 16.2. The lowest BCUT2D eigenvalue weighted by molar-refractivity contribution is 0.0742. The van der Waals surface area contributed by atoms with E-state index in [1.54, 1.807) is 23.2 Å². The van der Waals surface area contributed by atoms with Crippen LogP contribution in [0.3, 0.4) is 0 Å². The lowest BCUT2D eigenvalue weighted by Crippen LogP contribution is -2.31. The fourth-order valence-corrected chi connectivity index (χ4v) is 2.16. The molecule has 0 aliphatic carbocycles. The second-order valence-corrected chi connectivity index (χ2v) is 4.94. The molecule has 0 bridgehead atoms. The van der Waals surface area contributed by atoms with Crippen LogP contribution in [0, 0.1) is 18.3 Å². The number of benzene rings is 1. The number of hydrogen-bond donors (Lipinski definition) is 1. The van der Waals surface area contributed by atoms with Gasteiger partial charge in [0.15, 0.2) is 0 Å². The molecule has 0 atom stereocenters. The molecule has 0 unspecified atom stereocenters. The molecule has 1 amide bonds. The van der Waals surface area contributed by atoms with Gasteiger partial charge in [-0.3, -0.25) is 9.89 Å². The summed E-state index contributed by atoms with van der Waals surface area (Å²) in [6.45, 7) is 5.10. The van der Waals surface area contributed by atoms with Gasteiger partial charge in [0.25, 0.3) is 5.91 Å². The van der Waals surface area contributed by atoms with Gasteiger partial charge in [0, 0.05) is 18.8 Å². The van der Waals surface area contributed by atoms with E-state index in [1.807, 2.05) is 26.0 Å². The molecule has 5 nitrogen and oxygen atoms in total. The Kier molecular flexibility index (Phi) is 4.72. The van der Waals surface area contributed by atoms with Crippen molar-refractivity contribution in [2.75, 3.05) is 6.54 Å². The van der Waals surface area contributed by atoms with Crippen LogP contribution in [0.2, 0.25) is 0 Å². The molecule has 0 aliphatic heterocycles. The van der Waals surface area contributed by atoms with E-state index in [2.05, 4.69) is 16.3 Å². The zero-order valence-corrected chi connectivity index (χ0v) is 12.3. The maximum absolute atomic E-state index is 12.6. The zero-order valence-electron chi connectivity index (χ0n) is 12.3. The number of nitriles is 1. The van der Waals surface area contributed by atoms with Gasteiger partial charge < -0.3 is 4.90 Å². The van der Waals surface area contributed by atoms with Crippen molar-refractivity contribution in [3.8, 4) is 6.07 Å². The molecule has 2 rings (SSSR count). The Labute approximate surface area is 124 Å². The number of amides is 1. The van der Waals surface area contributed by atoms with Crippen molar-refractivity contribution in [2.24, 2.45) is 0 Å². The summed E-state index contributed by atoms with van der Waals surface area (Å²) in [5.74, 6) is -0.0209. The first-order valence-electron chi connectivity index (χ1n) is 6.94. The van der Waals surface area contributed by atoms with E-state index in [1.165, 1.54) is 0 Å². The number of hydrogen-bond acceptors (Lipinski definition) is 3. The quantitative estimate of drug-likeness (QED) is 0.916. The summed E-state index contributed by atoms with van der Waals surface area (Å²) in [5, 5.41) is 15.5. The molecule has 0 spiro atoms. The topological polar surface area (TPSA) is 72.8 Å². The maximum atomic E-state index is 12.6. The van der Waals surface area contributed by atoms with Crippen LogP contribution in [-0.4, -0.2) is 27.5 Å². The van der Waals surface area contributed by atoms with E-state index >= 15 is 0 Å². The van der Waals surface area contributed by atoms with Crippen LogP contribution in [0.5, 0.6) is 0 Å². The lowest BCUT2D eigenvalue weighted by Gasteiger charge is -2.22. The van der Waals surface area contributed by atoms with Crippen LogP contribution in [0.1, 0.15) is 40.5 Å². The van der Waals surface area contributed by atoms with Gasteiger partial charge >= 0.3 is 0 Å². The van der Waals surface area contributed by atoms with Crippen molar-refractivity contribution < 1.29 is 4.79 Å². The van der Waals surface area contributed by atoms with Crippen molar-refractivity contribution in [1.82, 2.24) is 15.1 Å².